The number of benzene rings is 2. The number of sulfonamides is 1. The summed E-state index contributed by atoms with van der Waals surface area (Å²) >= 11 is 0. The van der Waals surface area contributed by atoms with Gasteiger partial charge in [0.1, 0.15) is 5.60 Å². The van der Waals surface area contributed by atoms with Gasteiger partial charge in [0.15, 0.2) is 5.69 Å². The molecule has 1 saturated heterocycles. The van der Waals surface area contributed by atoms with E-state index in [1.807, 2.05) is 11.6 Å². The predicted octanol–water partition coefficient (Wildman–Crippen LogP) is 5.71. The number of carbonyl (C=O) groups is 2. The maximum Gasteiger partial charge on any atom is 0.511 e. The van der Waals surface area contributed by atoms with Gasteiger partial charge in [-0.15, -0.1) is 5.01 Å². The molecule has 1 N–H and O–H groups in total. The third-order valence-corrected chi connectivity index (χ3v) is 8.31. The molecule has 49 heavy (non-hydrogen) atoms. The lowest BCUT2D eigenvalue weighted by Crippen LogP contribution is -2.40. The van der Waals surface area contributed by atoms with Crippen molar-refractivity contribution in [3.8, 4) is 16.9 Å². The molecule has 0 unspecified atom stereocenters. The first-order valence-corrected chi connectivity index (χ1v) is 16.3. The number of hydrazine groups is 1. The molecule has 1 fully saturated rings. The van der Waals surface area contributed by atoms with Crippen molar-refractivity contribution in [1.29, 1.82) is 0 Å². The SMILES string of the molecule is Cc1ccc(-c2cc(C(F)(F)F)nn2-c2ccc(S(=O)(=O)NC(=O)OCC3CCN([N+]([O-])=NOCOC(=O)OC(C)(C)C)CC3)cc2)cc1. The van der Waals surface area contributed by atoms with Gasteiger partial charge in [0, 0.05) is 5.56 Å². The molecule has 0 saturated carbocycles. The summed E-state index contributed by atoms with van der Waals surface area (Å²) in [6.07, 6.45) is -6.12. The second kappa shape index (κ2) is 15.0. The van der Waals surface area contributed by atoms with Gasteiger partial charge in [-0.25, -0.2) is 27.4 Å². The summed E-state index contributed by atoms with van der Waals surface area (Å²) in [4.78, 5) is 28.4. The first kappa shape index (κ1) is 36.8. The number of rotatable bonds is 10. The van der Waals surface area contributed by atoms with Crippen LogP contribution in [0.3, 0.4) is 0 Å². The van der Waals surface area contributed by atoms with Crippen LogP contribution in [-0.2, 0) is 35.2 Å². The quantitative estimate of drug-likeness (QED) is 0.0680. The number of hydrogen-bond acceptors (Lipinski definition) is 11. The number of aromatic nitrogens is 2. The highest BCUT2D eigenvalue weighted by Gasteiger charge is 2.35. The van der Waals surface area contributed by atoms with Crippen LogP contribution in [0.15, 0.2) is 64.8 Å². The number of hydrogen-bond donors (Lipinski definition) is 1. The molecule has 4 rings (SSSR count). The van der Waals surface area contributed by atoms with Gasteiger partial charge in [0.2, 0.25) is 5.28 Å². The summed E-state index contributed by atoms with van der Waals surface area (Å²) in [7, 11) is -4.40. The van der Waals surface area contributed by atoms with Crippen LogP contribution in [0.2, 0.25) is 0 Å². The Bertz CT molecular complexity index is 1750. The van der Waals surface area contributed by atoms with E-state index in [9.17, 15) is 36.4 Å². The Morgan fingerprint density at radius 2 is 1.67 bits per heavy atom. The van der Waals surface area contributed by atoms with Crippen LogP contribution in [-0.4, -0.2) is 72.5 Å². The first-order valence-electron chi connectivity index (χ1n) is 14.9. The maximum absolute atomic E-state index is 13.5. The van der Waals surface area contributed by atoms with Crippen molar-refractivity contribution in [2.75, 3.05) is 26.5 Å². The number of piperidine rings is 1. The Labute approximate surface area is 279 Å². The number of alkyl halides is 3. The van der Waals surface area contributed by atoms with E-state index in [0.717, 1.165) is 28.4 Å². The molecule has 2 heterocycles. The molecule has 0 aliphatic carbocycles. The van der Waals surface area contributed by atoms with E-state index in [1.165, 1.54) is 17.1 Å². The largest absolute Gasteiger partial charge is 0.569 e. The predicted molar refractivity (Wildman–Crippen MR) is 164 cm³/mol. The molecule has 1 aliphatic heterocycles. The highest BCUT2D eigenvalue weighted by Crippen LogP contribution is 2.33. The van der Waals surface area contributed by atoms with Crippen LogP contribution in [0, 0.1) is 18.0 Å². The van der Waals surface area contributed by atoms with Crippen molar-refractivity contribution in [3.63, 3.8) is 0 Å². The molecule has 0 bridgehead atoms. The van der Waals surface area contributed by atoms with Gasteiger partial charge in [0.05, 0.1) is 40.9 Å². The van der Waals surface area contributed by atoms with Gasteiger partial charge in [-0.2, -0.15) is 18.3 Å². The zero-order valence-corrected chi connectivity index (χ0v) is 27.8. The smallest absolute Gasteiger partial charge is 0.511 e. The molecule has 3 aromatic rings. The fourth-order valence-corrected chi connectivity index (χ4v) is 5.43. The van der Waals surface area contributed by atoms with Crippen LogP contribution in [0.25, 0.3) is 16.9 Å². The second-order valence-electron chi connectivity index (χ2n) is 12.0. The Balaban J connectivity index is 1.28. The average Bonchev–Trinajstić information content (AvgIpc) is 3.48. The lowest BCUT2D eigenvalue weighted by Gasteiger charge is -2.27. The molecule has 266 valence electrons. The third kappa shape index (κ3) is 10.5. The topological polar surface area (TPSA) is 177 Å². The second-order valence-corrected chi connectivity index (χ2v) is 13.7. The molecule has 1 amide bonds. The van der Waals surface area contributed by atoms with E-state index in [-0.39, 0.29) is 46.9 Å². The zero-order chi connectivity index (χ0) is 36.0. The molecular weight excluding hydrogens is 677 g/mol. The number of aryl methyl sites for hydroxylation is 1. The van der Waals surface area contributed by atoms with Gasteiger partial charge in [-0.05, 0) is 76.8 Å². The van der Waals surface area contributed by atoms with Crippen LogP contribution < -0.4 is 4.72 Å². The number of ether oxygens (including phenoxy) is 3. The molecule has 0 radical (unpaired) electrons. The van der Waals surface area contributed by atoms with Gasteiger partial charge in [0.25, 0.3) is 16.8 Å². The number of amides is 1. The van der Waals surface area contributed by atoms with Crippen molar-refractivity contribution >= 4 is 22.3 Å². The molecule has 0 spiro atoms. The van der Waals surface area contributed by atoms with Gasteiger partial charge < -0.3 is 24.3 Å². The zero-order valence-electron chi connectivity index (χ0n) is 27.0. The van der Waals surface area contributed by atoms with Crippen molar-refractivity contribution in [1.82, 2.24) is 19.5 Å². The third-order valence-electron chi connectivity index (χ3n) is 6.99. The minimum atomic E-state index is -4.71. The molecular formula is C30H35F3N6O9S. The molecule has 2 aromatic carbocycles. The Kier molecular flexibility index (Phi) is 11.3. The highest BCUT2D eigenvalue weighted by molar-refractivity contribution is 7.90. The molecule has 1 aliphatic rings. The van der Waals surface area contributed by atoms with Crippen LogP contribution in [0.5, 0.6) is 0 Å². The minimum absolute atomic E-state index is 0.132. The van der Waals surface area contributed by atoms with E-state index < -0.39 is 46.5 Å². The van der Waals surface area contributed by atoms with Crippen LogP contribution in [0.1, 0.15) is 44.9 Å². The van der Waals surface area contributed by atoms with E-state index in [2.05, 4.69) is 20.0 Å². The standard InChI is InChI=1S/C30H35F3N6O9S/c1-20-5-7-22(8-6-20)25-17-26(30(31,32)33)34-38(25)23-9-11-24(12-10-23)49(43,44)35-27(40)45-18-21-13-15-37(16-14-21)39(42)36-47-19-46-28(41)48-29(2,3)4/h5-12,17,21H,13-16,18-19H2,1-4H3,(H,35,40). The Morgan fingerprint density at radius 3 is 2.27 bits per heavy atom. The van der Waals surface area contributed by atoms with Crippen LogP contribution >= 0.6 is 0 Å². The molecule has 1 aromatic heterocycles. The van der Waals surface area contributed by atoms with Crippen molar-refractivity contribution < 1.29 is 55.2 Å². The fraction of sp³-hybridized carbons (Fsp3) is 0.433. The minimum Gasteiger partial charge on any atom is -0.569 e. The monoisotopic (exact) mass is 712 g/mol. The fourth-order valence-electron chi connectivity index (χ4n) is 4.54. The number of carbonyl (C=O) groups excluding carboxylic acids is 2. The van der Waals surface area contributed by atoms with Gasteiger partial charge in [-0.3, -0.25) is 0 Å². The lowest BCUT2D eigenvalue weighted by molar-refractivity contribution is -0.714. The van der Waals surface area contributed by atoms with Crippen molar-refractivity contribution in [2.24, 2.45) is 11.2 Å². The summed E-state index contributed by atoms with van der Waals surface area (Å²) in [5.41, 5.74) is -0.202. The van der Waals surface area contributed by atoms with Crippen LogP contribution in [0.4, 0.5) is 22.8 Å². The maximum atomic E-state index is 13.5. The van der Waals surface area contributed by atoms with Gasteiger partial charge in [-0.1, -0.05) is 29.8 Å². The normalized spacial score (nSPS) is 14.7. The summed E-state index contributed by atoms with van der Waals surface area (Å²) in [5, 5.41) is 20.4. The highest BCUT2D eigenvalue weighted by atomic mass is 32.2. The number of nitrogens with zero attached hydrogens (tertiary/aromatic N) is 5. The van der Waals surface area contributed by atoms with E-state index in [0.29, 0.717) is 18.4 Å². The summed E-state index contributed by atoms with van der Waals surface area (Å²) in [6.45, 7) is 6.46. The lowest BCUT2D eigenvalue weighted by atomic mass is 9.99. The molecule has 15 nitrogen and oxygen atoms in total. The molecule has 19 heteroatoms. The Hall–Kier alpha value is -5.07. The Morgan fingerprint density at radius 1 is 1.04 bits per heavy atom. The number of halogens is 3. The summed E-state index contributed by atoms with van der Waals surface area (Å²) < 4.78 is 83.7. The molecule has 0 atom stereocenters. The van der Waals surface area contributed by atoms with Gasteiger partial charge >= 0.3 is 18.4 Å². The number of nitrogens with one attached hydrogen (secondary N) is 1. The first-order chi connectivity index (χ1) is 22.9. The van der Waals surface area contributed by atoms with Crippen molar-refractivity contribution in [3.05, 3.63) is 71.1 Å². The van der Waals surface area contributed by atoms with E-state index in [1.54, 1.807) is 45.0 Å². The van der Waals surface area contributed by atoms with E-state index >= 15 is 0 Å². The average molecular weight is 713 g/mol. The summed E-state index contributed by atoms with van der Waals surface area (Å²) in [6, 6.07) is 12.5. The van der Waals surface area contributed by atoms with E-state index in [4.69, 9.17) is 9.47 Å². The van der Waals surface area contributed by atoms with Crippen molar-refractivity contribution in [2.45, 2.75) is 57.2 Å². The summed E-state index contributed by atoms with van der Waals surface area (Å²) in [5.74, 6) is -0.188.